The van der Waals surface area contributed by atoms with Crippen LogP contribution < -0.4 is 0 Å². The van der Waals surface area contributed by atoms with Gasteiger partial charge in [-0.1, -0.05) is 37.1 Å². The van der Waals surface area contributed by atoms with E-state index >= 15 is 0 Å². The summed E-state index contributed by atoms with van der Waals surface area (Å²) in [7, 11) is 0. The Balaban J connectivity index is 1.54. The van der Waals surface area contributed by atoms with Crippen molar-refractivity contribution in [1.29, 1.82) is 0 Å². The number of likely N-dealkylation sites (tertiary alicyclic amines) is 1. The Kier molecular flexibility index (Phi) is 4.12. The third-order valence-corrected chi connectivity index (χ3v) is 4.83. The monoisotopic (exact) mass is 305 g/mol. The highest BCUT2D eigenvalue weighted by molar-refractivity contribution is 5.92. The molecule has 4 rings (SSSR count). The largest absolute Gasteiger partial charge is 0.346 e. The number of hydrogen-bond donors (Lipinski definition) is 1. The molecule has 1 saturated heterocycles. The van der Waals surface area contributed by atoms with Gasteiger partial charge in [-0.3, -0.25) is 4.90 Å². The van der Waals surface area contributed by atoms with Gasteiger partial charge in [-0.2, -0.15) is 0 Å². The molecule has 1 fully saturated rings. The first-order valence-corrected chi connectivity index (χ1v) is 8.64. The van der Waals surface area contributed by atoms with E-state index < -0.39 is 0 Å². The molecule has 0 spiro atoms. The lowest BCUT2D eigenvalue weighted by atomic mass is 10.0. The van der Waals surface area contributed by atoms with E-state index in [1.165, 1.54) is 60.8 Å². The fourth-order valence-electron chi connectivity index (χ4n) is 3.55. The maximum atomic E-state index is 4.37. The van der Waals surface area contributed by atoms with E-state index in [1.807, 2.05) is 12.4 Å². The zero-order valence-electron chi connectivity index (χ0n) is 13.5. The van der Waals surface area contributed by atoms with Crippen LogP contribution in [0.25, 0.3) is 22.2 Å². The normalized spacial score (nSPS) is 16.5. The van der Waals surface area contributed by atoms with Crippen molar-refractivity contribution in [3.05, 3.63) is 54.4 Å². The van der Waals surface area contributed by atoms with Gasteiger partial charge >= 0.3 is 0 Å². The lowest BCUT2D eigenvalue weighted by Crippen LogP contribution is -2.23. The van der Waals surface area contributed by atoms with Crippen molar-refractivity contribution in [3.63, 3.8) is 0 Å². The van der Waals surface area contributed by atoms with E-state index in [1.54, 1.807) is 0 Å². The van der Waals surface area contributed by atoms with E-state index in [-0.39, 0.29) is 0 Å². The molecular formula is C20H23N3. The van der Waals surface area contributed by atoms with E-state index in [0.717, 1.165) is 12.2 Å². The Morgan fingerprint density at radius 3 is 2.48 bits per heavy atom. The van der Waals surface area contributed by atoms with Crippen LogP contribution in [0.1, 0.15) is 31.2 Å². The van der Waals surface area contributed by atoms with Crippen LogP contribution in [-0.2, 0) is 6.54 Å². The van der Waals surface area contributed by atoms with Gasteiger partial charge in [0, 0.05) is 24.3 Å². The maximum absolute atomic E-state index is 4.37. The quantitative estimate of drug-likeness (QED) is 0.766. The highest BCUT2D eigenvalue weighted by Gasteiger charge is 2.10. The van der Waals surface area contributed by atoms with Crippen LogP contribution in [0.15, 0.2) is 48.8 Å². The average molecular weight is 305 g/mol. The van der Waals surface area contributed by atoms with Crippen molar-refractivity contribution < 1.29 is 0 Å². The van der Waals surface area contributed by atoms with Crippen LogP contribution in [0.3, 0.4) is 0 Å². The second-order valence-corrected chi connectivity index (χ2v) is 6.49. The number of H-pyrrole nitrogens is 1. The van der Waals surface area contributed by atoms with Crippen molar-refractivity contribution >= 4 is 11.0 Å². The molecule has 2 aromatic heterocycles. The molecule has 0 saturated carbocycles. The minimum Gasteiger partial charge on any atom is -0.346 e. The van der Waals surface area contributed by atoms with Crippen molar-refractivity contribution in [2.45, 2.75) is 32.2 Å². The molecule has 23 heavy (non-hydrogen) atoms. The summed E-state index contributed by atoms with van der Waals surface area (Å²) in [6, 6.07) is 13.2. The third-order valence-electron chi connectivity index (χ3n) is 4.83. The van der Waals surface area contributed by atoms with E-state index in [9.17, 15) is 0 Å². The van der Waals surface area contributed by atoms with Gasteiger partial charge in [-0.25, -0.2) is 4.98 Å². The molecule has 1 N–H and O–H groups in total. The Bertz CT molecular complexity index is 765. The second-order valence-electron chi connectivity index (χ2n) is 6.49. The van der Waals surface area contributed by atoms with Gasteiger partial charge in [0.2, 0.25) is 0 Å². The predicted molar refractivity (Wildman–Crippen MR) is 95.3 cm³/mol. The summed E-state index contributed by atoms with van der Waals surface area (Å²) < 4.78 is 0. The number of benzene rings is 1. The summed E-state index contributed by atoms with van der Waals surface area (Å²) in [5.74, 6) is 0. The number of rotatable bonds is 3. The Morgan fingerprint density at radius 1 is 0.913 bits per heavy atom. The Hall–Kier alpha value is -2.13. The number of hydrogen-bond acceptors (Lipinski definition) is 2. The van der Waals surface area contributed by atoms with Crippen LogP contribution in [-0.4, -0.2) is 28.0 Å². The number of nitrogens with zero attached hydrogens (tertiary/aromatic N) is 2. The average Bonchev–Trinajstić information content (AvgIpc) is 2.93. The van der Waals surface area contributed by atoms with Crippen LogP contribution in [0.5, 0.6) is 0 Å². The number of aromatic amines is 1. The molecule has 3 heteroatoms. The zero-order chi connectivity index (χ0) is 15.5. The Morgan fingerprint density at radius 2 is 1.70 bits per heavy atom. The third kappa shape index (κ3) is 3.15. The maximum Gasteiger partial charge on any atom is 0.137 e. The van der Waals surface area contributed by atoms with Crippen LogP contribution >= 0.6 is 0 Å². The number of pyridine rings is 1. The molecule has 0 atom stereocenters. The summed E-state index contributed by atoms with van der Waals surface area (Å²) in [4.78, 5) is 10.1. The Labute approximate surface area is 137 Å². The number of nitrogens with one attached hydrogen (secondary N) is 1. The smallest absolute Gasteiger partial charge is 0.137 e. The minimum absolute atomic E-state index is 0.955. The highest BCUT2D eigenvalue weighted by Crippen LogP contribution is 2.27. The molecule has 3 heterocycles. The summed E-state index contributed by atoms with van der Waals surface area (Å²) >= 11 is 0. The first-order valence-electron chi connectivity index (χ1n) is 8.64. The van der Waals surface area contributed by atoms with Crippen molar-refractivity contribution in [1.82, 2.24) is 14.9 Å². The topological polar surface area (TPSA) is 31.9 Å². The number of fused-ring (bicyclic) bond motifs is 1. The zero-order valence-corrected chi connectivity index (χ0v) is 13.5. The van der Waals surface area contributed by atoms with Gasteiger partial charge in [-0.15, -0.1) is 0 Å². The van der Waals surface area contributed by atoms with Gasteiger partial charge < -0.3 is 4.98 Å². The fraction of sp³-hybridized carbons (Fsp3) is 0.350. The second kappa shape index (κ2) is 6.55. The first-order chi connectivity index (χ1) is 11.4. The van der Waals surface area contributed by atoms with Gasteiger partial charge in [0.25, 0.3) is 0 Å². The van der Waals surface area contributed by atoms with Gasteiger partial charge in [0.1, 0.15) is 5.65 Å². The molecule has 0 bridgehead atoms. The van der Waals surface area contributed by atoms with Crippen molar-refractivity contribution in [3.8, 4) is 11.1 Å². The lowest BCUT2D eigenvalue weighted by Gasteiger charge is -2.19. The molecule has 3 nitrogen and oxygen atoms in total. The molecule has 0 radical (unpaired) electrons. The predicted octanol–water partition coefficient (Wildman–Crippen LogP) is 4.61. The van der Waals surface area contributed by atoms with Gasteiger partial charge in [0.15, 0.2) is 0 Å². The lowest BCUT2D eigenvalue weighted by molar-refractivity contribution is 0.277. The SMILES string of the molecule is c1cc(-c2ccc(CN3CCCCCC3)cc2)c2cc[nH]c2n1. The highest BCUT2D eigenvalue weighted by atomic mass is 15.1. The van der Waals surface area contributed by atoms with Crippen LogP contribution in [0.4, 0.5) is 0 Å². The molecule has 3 aromatic rings. The fourth-order valence-corrected chi connectivity index (χ4v) is 3.55. The van der Waals surface area contributed by atoms with Gasteiger partial charge in [-0.05, 0) is 54.8 Å². The molecule has 1 aliphatic rings. The molecule has 0 unspecified atom stereocenters. The van der Waals surface area contributed by atoms with Crippen LogP contribution in [0, 0.1) is 0 Å². The van der Waals surface area contributed by atoms with Gasteiger partial charge in [0.05, 0.1) is 0 Å². The van der Waals surface area contributed by atoms with Crippen molar-refractivity contribution in [2.24, 2.45) is 0 Å². The van der Waals surface area contributed by atoms with E-state index in [2.05, 4.69) is 51.3 Å². The molecule has 0 amide bonds. The summed E-state index contributed by atoms with van der Waals surface area (Å²) in [5, 5.41) is 1.19. The first kappa shape index (κ1) is 14.5. The molecule has 118 valence electrons. The van der Waals surface area contributed by atoms with Crippen molar-refractivity contribution in [2.75, 3.05) is 13.1 Å². The van der Waals surface area contributed by atoms with Crippen LogP contribution in [0.2, 0.25) is 0 Å². The summed E-state index contributed by atoms with van der Waals surface area (Å²) in [5.41, 5.74) is 4.88. The standard InChI is InChI=1S/C20H23N3/c1-2-4-14-23(13-3-1)15-16-5-7-17(8-6-16)18-9-11-21-20-19(18)10-12-22-20/h5-12H,1-4,13-15H2,(H,21,22). The minimum atomic E-state index is 0.955. The molecule has 1 aliphatic heterocycles. The summed E-state index contributed by atoms with van der Waals surface area (Å²) in [6.07, 6.45) is 9.31. The van der Waals surface area contributed by atoms with E-state index in [4.69, 9.17) is 0 Å². The summed E-state index contributed by atoms with van der Waals surface area (Å²) in [6.45, 7) is 3.57. The number of aromatic nitrogens is 2. The molecule has 0 aliphatic carbocycles. The van der Waals surface area contributed by atoms with E-state index in [0.29, 0.717) is 0 Å². The molecule has 1 aromatic carbocycles. The molecular weight excluding hydrogens is 282 g/mol.